The van der Waals surface area contributed by atoms with Gasteiger partial charge in [-0.05, 0) is 16.7 Å². The third-order valence-corrected chi connectivity index (χ3v) is 4.72. The van der Waals surface area contributed by atoms with Crippen molar-refractivity contribution in [3.8, 4) is 11.3 Å². The van der Waals surface area contributed by atoms with Crippen LogP contribution in [0.4, 0.5) is 0 Å². The van der Waals surface area contributed by atoms with E-state index < -0.39 is 0 Å². The first-order valence-corrected chi connectivity index (χ1v) is 9.20. The Morgan fingerprint density at radius 3 is 1.57 bits per heavy atom. The van der Waals surface area contributed by atoms with Crippen LogP contribution in [0.2, 0.25) is 0 Å². The van der Waals surface area contributed by atoms with Crippen molar-refractivity contribution < 1.29 is 0 Å². The SMILES string of the molecule is O=c1cc(-c2ccccc2)n(Cc2ccccc2)c(=O)n1Cc1ccccc1. The van der Waals surface area contributed by atoms with E-state index >= 15 is 0 Å². The Bertz CT molecular complexity index is 1180. The summed E-state index contributed by atoms with van der Waals surface area (Å²) in [6.45, 7) is 0.654. The second-order valence-corrected chi connectivity index (χ2v) is 6.66. The summed E-state index contributed by atoms with van der Waals surface area (Å²) in [5.41, 5.74) is 2.80. The van der Waals surface area contributed by atoms with Crippen LogP contribution in [-0.4, -0.2) is 9.13 Å². The lowest BCUT2D eigenvalue weighted by molar-refractivity contribution is 0.617. The summed E-state index contributed by atoms with van der Waals surface area (Å²) < 4.78 is 2.97. The number of hydrogen-bond donors (Lipinski definition) is 0. The fraction of sp³-hybridized carbons (Fsp3) is 0.0833. The molecule has 4 nitrogen and oxygen atoms in total. The number of nitrogens with zero attached hydrogens (tertiary/aromatic N) is 2. The standard InChI is InChI=1S/C24H20N2O2/c27-23-16-22(21-14-8-3-9-15-21)25(17-19-10-4-1-5-11-19)24(28)26(23)18-20-12-6-2-7-13-20/h1-16H,17-18H2. The monoisotopic (exact) mass is 368 g/mol. The van der Waals surface area contributed by atoms with Crippen LogP contribution in [0.15, 0.2) is 107 Å². The predicted octanol–water partition coefficient (Wildman–Crippen LogP) is 3.77. The van der Waals surface area contributed by atoms with Gasteiger partial charge in [-0.25, -0.2) is 4.79 Å². The van der Waals surface area contributed by atoms with Gasteiger partial charge in [0.25, 0.3) is 5.56 Å². The molecule has 1 aromatic heterocycles. The molecule has 0 radical (unpaired) electrons. The second-order valence-electron chi connectivity index (χ2n) is 6.66. The van der Waals surface area contributed by atoms with Crippen molar-refractivity contribution in [1.29, 1.82) is 0 Å². The minimum Gasteiger partial charge on any atom is -0.289 e. The van der Waals surface area contributed by atoms with Crippen molar-refractivity contribution >= 4 is 0 Å². The lowest BCUT2D eigenvalue weighted by atomic mass is 10.1. The molecule has 0 unspecified atom stereocenters. The minimum atomic E-state index is -0.306. The molecule has 138 valence electrons. The molecule has 4 heteroatoms. The summed E-state index contributed by atoms with van der Waals surface area (Å²) in [6, 6.07) is 30.5. The topological polar surface area (TPSA) is 44.0 Å². The first kappa shape index (κ1) is 17.7. The highest BCUT2D eigenvalue weighted by Gasteiger charge is 2.14. The van der Waals surface area contributed by atoms with Crippen LogP contribution >= 0.6 is 0 Å². The zero-order chi connectivity index (χ0) is 19.3. The molecule has 0 fully saturated rings. The van der Waals surface area contributed by atoms with E-state index in [-0.39, 0.29) is 17.8 Å². The third kappa shape index (κ3) is 3.71. The van der Waals surface area contributed by atoms with Crippen molar-refractivity contribution in [2.45, 2.75) is 13.1 Å². The molecule has 0 amide bonds. The van der Waals surface area contributed by atoms with Gasteiger partial charge >= 0.3 is 5.69 Å². The summed E-state index contributed by atoms with van der Waals surface area (Å²) in [5.74, 6) is 0. The molecule has 0 spiro atoms. The lowest BCUT2D eigenvalue weighted by Gasteiger charge is -2.16. The van der Waals surface area contributed by atoms with Gasteiger partial charge in [0.1, 0.15) is 0 Å². The molecule has 28 heavy (non-hydrogen) atoms. The Balaban J connectivity index is 1.87. The van der Waals surface area contributed by atoms with Gasteiger partial charge in [0, 0.05) is 6.07 Å². The number of aromatic nitrogens is 2. The van der Waals surface area contributed by atoms with Crippen molar-refractivity contribution in [3.05, 3.63) is 129 Å². The van der Waals surface area contributed by atoms with Crippen LogP contribution in [0, 0.1) is 0 Å². The van der Waals surface area contributed by atoms with Crippen LogP contribution in [0.1, 0.15) is 11.1 Å². The number of hydrogen-bond acceptors (Lipinski definition) is 2. The highest BCUT2D eigenvalue weighted by atomic mass is 16.2. The average Bonchev–Trinajstić information content (AvgIpc) is 2.75. The molecule has 0 atom stereocenters. The van der Waals surface area contributed by atoms with E-state index in [1.165, 1.54) is 4.57 Å². The minimum absolute atomic E-state index is 0.252. The van der Waals surface area contributed by atoms with Crippen LogP contribution in [0.25, 0.3) is 11.3 Å². The third-order valence-electron chi connectivity index (χ3n) is 4.72. The summed E-state index contributed by atoms with van der Waals surface area (Å²) in [6.07, 6.45) is 0. The van der Waals surface area contributed by atoms with Crippen molar-refractivity contribution in [3.63, 3.8) is 0 Å². The normalized spacial score (nSPS) is 10.7. The van der Waals surface area contributed by atoms with Gasteiger partial charge in [-0.2, -0.15) is 0 Å². The molecule has 0 bridgehead atoms. The quantitative estimate of drug-likeness (QED) is 0.538. The van der Waals surface area contributed by atoms with Gasteiger partial charge in [0.15, 0.2) is 0 Å². The van der Waals surface area contributed by atoms with Gasteiger partial charge < -0.3 is 0 Å². The molecule has 1 heterocycles. The maximum Gasteiger partial charge on any atom is 0.332 e. The molecule has 0 aliphatic heterocycles. The van der Waals surface area contributed by atoms with Crippen molar-refractivity contribution in [2.75, 3.05) is 0 Å². The van der Waals surface area contributed by atoms with E-state index in [1.54, 1.807) is 10.6 Å². The predicted molar refractivity (Wildman–Crippen MR) is 111 cm³/mol. The number of rotatable bonds is 5. The van der Waals surface area contributed by atoms with Crippen molar-refractivity contribution in [1.82, 2.24) is 9.13 Å². The Labute approximate surface area is 163 Å². The molecular weight excluding hydrogens is 348 g/mol. The first-order valence-electron chi connectivity index (χ1n) is 9.20. The van der Waals surface area contributed by atoms with Crippen LogP contribution in [-0.2, 0) is 13.1 Å². The summed E-state index contributed by atoms with van der Waals surface area (Å²) >= 11 is 0. The Morgan fingerprint density at radius 1 is 0.571 bits per heavy atom. The summed E-state index contributed by atoms with van der Waals surface area (Å²) in [7, 11) is 0. The fourth-order valence-electron chi connectivity index (χ4n) is 3.29. The Hall–Kier alpha value is -3.66. The smallest absolute Gasteiger partial charge is 0.289 e. The van der Waals surface area contributed by atoms with Gasteiger partial charge in [-0.15, -0.1) is 0 Å². The summed E-state index contributed by atoms with van der Waals surface area (Å²) in [5, 5.41) is 0. The van der Waals surface area contributed by atoms with E-state index in [4.69, 9.17) is 0 Å². The van der Waals surface area contributed by atoms with E-state index in [0.29, 0.717) is 12.2 Å². The lowest BCUT2D eigenvalue weighted by Crippen LogP contribution is -2.40. The molecule has 0 saturated carbocycles. The highest BCUT2D eigenvalue weighted by molar-refractivity contribution is 5.59. The zero-order valence-corrected chi connectivity index (χ0v) is 15.4. The molecule has 0 saturated heterocycles. The van der Waals surface area contributed by atoms with E-state index in [9.17, 15) is 9.59 Å². The van der Waals surface area contributed by atoms with Crippen molar-refractivity contribution in [2.24, 2.45) is 0 Å². The Morgan fingerprint density at radius 2 is 1.04 bits per heavy atom. The van der Waals surface area contributed by atoms with E-state index in [1.807, 2.05) is 91.0 Å². The van der Waals surface area contributed by atoms with E-state index in [0.717, 1.165) is 16.7 Å². The van der Waals surface area contributed by atoms with Gasteiger partial charge in [-0.1, -0.05) is 91.0 Å². The van der Waals surface area contributed by atoms with Crippen LogP contribution < -0.4 is 11.2 Å². The Kier molecular flexibility index (Phi) is 5.02. The first-order chi connectivity index (χ1) is 13.7. The molecule has 3 aromatic carbocycles. The largest absolute Gasteiger partial charge is 0.332 e. The second kappa shape index (κ2) is 7.92. The maximum atomic E-state index is 13.3. The molecular formula is C24H20N2O2. The van der Waals surface area contributed by atoms with Crippen LogP contribution in [0.3, 0.4) is 0 Å². The maximum absolute atomic E-state index is 13.3. The van der Waals surface area contributed by atoms with Gasteiger partial charge in [0.2, 0.25) is 0 Å². The van der Waals surface area contributed by atoms with Crippen LogP contribution in [0.5, 0.6) is 0 Å². The highest BCUT2D eigenvalue weighted by Crippen LogP contribution is 2.17. The zero-order valence-electron chi connectivity index (χ0n) is 15.4. The summed E-state index contributed by atoms with van der Waals surface area (Å²) in [4.78, 5) is 26.1. The molecule has 4 aromatic rings. The molecule has 4 rings (SSSR count). The average molecular weight is 368 g/mol. The van der Waals surface area contributed by atoms with Gasteiger partial charge in [-0.3, -0.25) is 13.9 Å². The molecule has 0 aliphatic rings. The fourth-order valence-corrected chi connectivity index (χ4v) is 3.29. The van der Waals surface area contributed by atoms with Gasteiger partial charge in [0.05, 0.1) is 18.8 Å². The van der Waals surface area contributed by atoms with E-state index in [2.05, 4.69) is 0 Å². The molecule has 0 aliphatic carbocycles. The molecule has 0 N–H and O–H groups in total. The number of benzene rings is 3.